The predicted molar refractivity (Wildman–Crippen MR) is 75.2 cm³/mol. The number of carbonyl (C=O) groups excluding carboxylic acids is 1. The van der Waals surface area contributed by atoms with Crippen molar-refractivity contribution in [2.45, 2.75) is 25.0 Å². The molecule has 2 aromatic rings. The maximum Gasteiger partial charge on any atom is 0.270 e. The van der Waals surface area contributed by atoms with Crippen LogP contribution in [0.3, 0.4) is 0 Å². The Kier molecular flexibility index (Phi) is 2.78. The molecule has 21 heavy (non-hydrogen) atoms. The molecule has 1 aliphatic carbocycles. The maximum atomic E-state index is 12.3. The van der Waals surface area contributed by atoms with Gasteiger partial charge >= 0.3 is 0 Å². The lowest BCUT2D eigenvalue weighted by atomic mass is 9.76. The molecule has 6 nitrogen and oxygen atoms in total. The standard InChI is InChI=1S/C15H15N3O3/c19-14(17-11-7-12-9(11)4-6-21-12)10-8-16-13-3-1-2-5-18(13)15(10)20/h1-3,5,8-9,11-12H,4,6-7H2,(H,17,19)/t9-,11+,12+/m0/s1. The molecule has 1 saturated heterocycles. The van der Waals surface area contributed by atoms with Crippen LogP contribution in [0.15, 0.2) is 35.4 Å². The summed E-state index contributed by atoms with van der Waals surface area (Å²) in [5.74, 6) is 0.0474. The quantitative estimate of drug-likeness (QED) is 0.877. The van der Waals surface area contributed by atoms with Crippen LogP contribution in [0.1, 0.15) is 23.2 Å². The number of hydrogen-bond donors (Lipinski definition) is 1. The molecule has 2 aliphatic rings. The molecule has 6 heteroatoms. The minimum absolute atomic E-state index is 0.0843. The number of amides is 1. The number of hydrogen-bond acceptors (Lipinski definition) is 4. The third kappa shape index (κ3) is 1.94. The summed E-state index contributed by atoms with van der Waals surface area (Å²) in [6, 6.07) is 5.39. The molecule has 4 rings (SSSR count). The SMILES string of the molecule is O=C(N[C@@H]1C[C@H]2OCC[C@@H]12)c1cnc2ccccn2c1=O. The van der Waals surface area contributed by atoms with Gasteiger partial charge in [0.15, 0.2) is 0 Å². The highest BCUT2D eigenvalue weighted by Crippen LogP contribution is 2.38. The van der Waals surface area contributed by atoms with Gasteiger partial charge in [-0.1, -0.05) is 6.07 Å². The zero-order valence-electron chi connectivity index (χ0n) is 11.4. The van der Waals surface area contributed by atoms with E-state index in [-0.39, 0.29) is 29.2 Å². The number of ether oxygens (including phenoxy) is 1. The minimum Gasteiger partial charge on any atom is -0.378 e. The van der Waals surface area contributed by atoms with Crippen LogP contribution in [0.2, 0.25) is 0 Å². The first-order valence-corrected chi connectivity index (χ1v) is 7.13. The average Bonchev–Trinajstić information content (AvgIpc) is 2.86. The summed E-state index contributed by atoms with van der Waals surface area (Å²) >= 11 is 0. The lowest BCUT2D eigenvalue weighted by Gasteiger charge is -2.39. The molecular formula is C15H15N3O3. The van der Waals surface area contributed by atoms with Gasteiger partial charge in [-0.3, -0.25) is 14.0 Å². The van der Waals surface area contributed by atoms with Gasteiger partial charge in [-0.2, -0.15) is 0 Å². The highest BCUT2D eigenvalue weighted by molar-refractivity contribution is 5.94. The van der Waals surface area contributed by atoms with Crippen molar-refractivity contribution in [3.8, 4) is 0 Å². The van der Waals surface area contributed by atoms with Crippen LogP contribution in [0.5, 0.6) is 0 Å². The third-order valence-electron chi connectivity index (χ3n) is 4.44. The second-order valence-corrected chi connectivity index (χ2v) is 5.58. The van der Waals surface area contributed by atoms with Crippen LogP contribution in [0, 0.1) is 5.92 Å². The number of rotatable bonds is 2. The Balaban J connectivity index is 1.60. The van der Waals surface area contributed by atoms with E-state index in [0.29, 0.717) is 11.6 Å². The molecule has 108 valence electrons. The number of nitrogens with one attached hydrogen (secondary N) is 1. The fourth-order valence-corrected chi connectivity index (χ4v) is 3.19. The van der Waals surface area contributed by atoms with Crippen molar-refractivity contribution in [3.05, 3.63) is 46.5 Å². The van der Waals surface area contributed by atoms with E-state index in [0.717, 1.165) is 19.4 Å². The normalized spacial score (nSPS) is 27.1. The first-order chi connectivity index (χ1) is 10.2. The van der Waals surface area contributed by atoms with Gasteiger partial charge in [-0.25, -0.2) is 4.98 Å². The molecule has 2 aromatic heterocycles. The molecule has 2 fully saturated rings. The highest BCUT2D eigenvalue weighted by atomic mass is 16.5. The molecule has 0 radical (unpaired) electrons. The van der Waals surface area contributed by atoms with Crippen molar-refractivity contribution in [2.75, 3.05) is 6.61 Å². The number of carbonyl (C=O) groups is 1. The van der Waals surface area contributed by atoms with Crippen LogP contribution in [-0.2, 0) is 4.74 Å². The summed E-state index contributed by atoms with van der Waals surface area (Å²) in [7, 11) is 0. The Morgan fingerprint density at radius 3 is 3.19 bits per heavy atom. The van der Waals surface area contributed by atoms with Gasteiger partial charge in [-0.15, -0.1) is 0 Å². The fraction of sp³-hybridized carbons (Fsp3) is 0.400. The van der Waals surface area contributed by atoms with E-state index in [1.165, 1.54) is 10.6 Å². The van der Waals surface area contributed by atoms with Crippen LogP contribution < -0.4 is 10.9 Å². The van der Waals surface area contributed by atoms with Crippen LogP contribution >= 0.6 is 0 Å². The van der Waals surface area contributed by atoms with E-state index >= 15 is 0 Å². The van der Waals surface area contributed by atoms with E-state index < -0.39 is 0 Å². The summed E-state index contributed by atoms with van der Waals surface area (Å²) in [5.41, 5.74) is 0.282. The molecule has 3 heterocycles. The molecule has 3 atom stereocenters. The molecule has 0 spiro atoms. The average molecular weight is 285 g/mol. The van der Waals surface area contributed by atoms with Crippen molar-refractivity contribution in [3.63, 3.8) is 0 Å². The lowest BCUT2D eigenvalue weighted by molar-refractivity contribution is 0.00807. The van der Waals surface area contributed by atoms with Gasteiger partial charge in [0.1, 0.15) is 11.2 Å². The number of nitrogens with zero attached hydrogens (tertiary/aromatic N) is 2. The Morgan fingerprint density at radius 2 is 2.33 bits per heavy atom. The van der Waals surface area contributed by atoms with E-state index in [1.54, 1.807) is 24.4 Å². The zero-order chi connectivity index (χ0) is 14.4. The van der Waals surface area contributed by atoms with Gasteiger partial charge in [0.25, 0.3) is 11.5 Å². The largest absolute Gasteiger partial charge is 0.378 e. The molecule has 1 N–H and O–H groups in total. The number of aromatic nitrogens is 2. The van der Waals surface area contributed by atoms with E-state index in [4.69, 9.17) is 4.74 Å². The summed E-state index contributed by atoms with van der Waals surface area (Å²) < 4.78 is 6.91. The van der Waals surface area contributed by atoms with Crippen molar-refractivity contribution < 1.29 is 9.53 Å². The summed E-state index contributed by atoms with van der Waals surface area (Å²) in [5, 5.41) is 2.94. The Morgan fingerprint density at radius 1 is 1.43 bits per heavy atom. The van der Waals surface area contributed by atoms with Crippen molar-refractivity contribution in [1.82, 2.24) is 14.7 Å². The van der Waals surface area contributed by atoms with Gasteiger partial charge in [-0.05, 0) is 25.0 Å². The maximum absolute atomic E-state index is 12.3. The highest BCUT2D eigenvalue weighted by Gasteiger charge is 2.45. The Labute approximate surface area is 120 Å². The predicted octanol–water partition coefficient (Wildman–Crippen LogP) is 0.602. The molecule has 1 amide bonds. The van der Waals surface area contributed by atoms with Gasteiger partial charge < -0.3 is 10.1 Å². The van der Waals surface area contributed by atoms with Crippen LogP contribution in [0.25, 0.3) is 5.65 Å². The van der Waals surface area contributed by atoms with Gasteiger partial charge in [0, 0.05) is 31.0 Å². The van der Waals surface area contributed by atoms with Crippen LogP contribution in [0.4, 0.5) is 0 Å². The molecule has 1 aliphatic heterocycles. The van der Waals surface area contributed by atoms with Gasteiger partial charge in [0.05, 0.1) is 6.10 Å². The number of fused-ring (bicyclic) bond motifs is 2. The Bertz CT molecular complexity index is 770. The lowest BCUT2D eigenvalue weighted by Crippen LogP contribution is -2.54. The van der Waals surface area contributed by atoms with Crippen molar-refractivity contribution in [1.29, 1.82) is 0 Å². The first-order valence-electron chi connectivity index (χ1n) is 7.13. The van der Waals surface area contributed by atoms with E-state index in [9.17, 15) is 9.59 Å². The molecule has 0 aromatic carbocycles. The van der Waals surface area contributed by atoms with E-state index in [2.05, 4.69) is 10.3 Å². The third-order valence-corrected chi connectivity index (χ3v) is 4.44. The fourth-order valence-electron chi connectivity index (χ4n) is 3.19. The molecule has 0 unspecified atom stereocenters. The molecule has 0 bridgehead atoms. The Hall–Kier alpha value is -2.21. The van der Waals surface area contributed by atoms with Gasteiger partial charge in [0.2, 0.25) is 0 Å². The molecule has 1 saturated carbocycles. The van der Waals surface area contributed by atoms with Crippen LogP contribution in [-0.4, -0.2) is 34.0 Å². The zero-order valence-corrected chi connectivity index (χ0v) is 11.4. The smallest absolute Gasteiger partial charge is 0.270 e. The monoisotopic (exact) mass is 285 g/mol. The minimum atomic E-state index is -0.346. The second kappa shape index (κ2) is 4.66. The van der Waals surface area contributed by atoms with Crippen molar-refractivity contribution >= 4 is 11.6 Å². The second-order valence-electron chi connectivity index (χ2n) is 5.58. The topological polar surface area (TPSA) is 72.7 Å². The number of pyridine rings is 1. The summed E-state index contributed by atoms with van der Waals surface area (Å²) in [4.78, 5) is 28.8. The first kappa shape index (κ1) is 12.5. The van der Waals surface area contributed by atoms with Crippen molar-refractivity contribution in [2.24, 2.45) is 5.92 Å². The molecular weight excluding hydrogens is 270 g/mol. The summed E-state index contributed by atoms with van der Waals surface area (Å²) in [6.45, 7) is 0.766. The summed E-state index contributed by atoms with van der Waals surface area (Å²) in [6.07, 6.45) is 5.06. The van der Waals surface area contributed by atoms with E-state index in [1.807, 2.05) is 0 Å².